The molecule has 0 aliphatic heterocycles. The first-order chi connectivity index (χ1) is 7.99. The number of benzene rings is 1. The number of esters is 2. The molecular weight excluding hydrogens is 224 g/mol. The van der Waals surface area contributed by atoms with Crippen LogP contribution in [0.4, 0.5) is 0 Å². The first kappa shape index (κ1) is 13.0. The SMILES string of the molecule is COC(=O)Cc1cc(C)cc(O)c1C(=O)OC. The van der Waals surface area contributed by atoms with Crippen molar-refractivity contribution in [3.8, 4) is 5.75 Å². The van der Waals surface area contributed by atoms with Crippen LogP contribution in [-0.2, 0) is 20.7 Å². The predicted molar refractivity (Wildman–Crippen MR) is 59.9 cm³/mol. The maximum absolute atomic E-state index is 11.5. The van der Waals surface area contributed by atoms with Gasteiger partial charge in [-0.2, -0.15) is 0 Å². The van der Waals surface area contributed by atoms with Gasteiger partial charge in [-0.05, 0) is 24.1 Å². The molecule has 0 aliphatic carbocycles. The summed E-state index contributed by atoms with van der Waals surface area (Å²) in [6.07, 6.45) is -0.0871. The largest absolute Gasteiger partial charge is 0.507 e. The number of methoxy groups -OCH3 is 2. The molecule has 0 radical (unpaired) electrons. The molecule has 17 heavy (non-hydrogen) atoms. The van der Waals surface area contributed by atoms with E-state index in [1.165, 1.54) is 20.3 Å². The number of hydrogen-bond donors (Lipinski definition) is 1. The Labute approximate surface area is 99.0 Å². The van der Waals surface area contributed by atoms with Crippen molar-refractivity contribution in [2.24, 2.45) is 0 Å². The highest BCUT2D eigenvalue weighted by Crippen LogP contribution is 2.25. The molecule has 92 valence electrons. The van der Waals surface area contributed by atoms with Crippen LogP contribution in [0.5, 0.6) is 5.75 Å². The van der Waals surface area contributed by atoms with Crippen molar-refractivity contribution >= 4 is 11.9 Å². The van der Waals surface area contributed by atoms with Crippen LogP contribution < -0.4 is 0 Å². The second-order valence-corrected chi connectivity index (χ2v) is 3.56. The van der Waals surface area contributed by atoms with Crippen LogP contribution in [0.1, 0.15) is 21.5 Å². The molecule has 0 spiro atoms. The van der Waals surface area contributed by atoms with Gasteiger partial charge in [0, 0.05) is 0 Å². The third-order valence-corrected chi connectivity index (χ3v) is 2.30. The molecule has 0 unspecified atom stereocenters. The van der Waals surface area contributed by atoms with Crippen molar-refractivity contribution in [1.82, 2.24) is 0 Å². The highest BCUT2D eigenvalue weighted by atomic mass is 16.5. The fourth-order valence-corrected chi connectivity index (χ4v) is 1.55. The fourth-order valence-electron chi connectivity index (χ4n) is 1.55. The first-order valence-electron chi connectivity index (χ1n) is 4.97. The maximum Gasteiger partial charge on any atom is 0.341 e. The minimum absolute atomic E-state index is 0.00324. The van der Waals surface area contributed by atoms with Crippen molar-refractivity contribution in [3.05, 3.63) is 28.8 Å². The van der Waals surface area contributed by atoms with E-state index in [-0.39, 0.29) is 17.7 Å². The van der Waals surface area contributed by atoms with Gasteiger partial charge in [0.15, 0.2) is 0 Å². The average Bonchev–Trinajstić information content (AvgIpc) is 2.27. The minimum atomic E-state index is -0.679. The number of hydrogen-bond acceptors (Lipinski definition) is 5. The number of phenols is 1. The molecule has 0 heterocycles. The maximum atomic E-state index is 11.5. The van der Waals surface area contributed by atoms with E-state index in [4.69, 9.17) is 0 Å². The monoisotopic (exact) mass is 238 g/mol. The number of phenolic OH excluding ortho intramolecular Hbond substituents is 1. The molecule has 1 rings (SSSR count). The molecule has 0 fully saturated rings. The van der Waals surface area contributed by atoms with Crippen molar-refractivity contribution < 1.29 is 24.2 Å². The lowest BCUT2D eigenvalue weighted by molar-refractivity contribution is -0.139. The van der Waals surface area contributed by atoms with E-state index in [0.29, 0.717) is 5.56 Å². The summed E-state index contributed by atoms with van der Waals surface area (Å²) in [6.45, 7) is 1.75. The second-order valence-electron chi connectivity index (χ2n) is 3.56. The third kappa shape index (κ3) is 2.96. The lowest BCUT2D eigenvalue weighted by Gasteiger charge is -2.10. The zero-order valence-corrected chi connectivity index (χ0v) is 9.94. The van der Waals surface area contributed by atoms with Crippen LogP contribution in [0.2, 0.25) is 0 Å². The molecule has 1 N–H and O–H groups in total. The Morgan fingerprint density at radius 2 is 1.88 bits per heavy atom. The van der Waals surface area contributed by atoms with Crippen LogP contribution in [0.25, 0.3) is 0 Å². The van der Waals surface area contributed by atoms with Crippen molar-refractivity contribution in [3.63, 3.8) is 0 Å². The lowest BCUT2D eigenvalue weighted by atomic mass is 10.0. The molecular formula is C12H14O5. The van der Waals surface area contributed by atoms with E-state index >= 15 is 0 Å². The zero-order valence-electron chi connectivity index (χ0n) is 9.94. The molecule has 1 aromatic carbocycles. The van der Waals surface area contributed by atoms with Gasteiger partial charge in [0.1, 0.15) is 11.3 Å². The Kier molecular flexibility index (Phi) is 4.09. The van der Waals surface area contributed by atoms with Crippen LogP contribution in [0, 0.1) is 6.92 Å². The molecule has 0 saturated carbocycles. The predicted octanol–water partition coefficient (Wildman–Crippen LogP) is 1.20. The highest BCUT2D eigenvalue weighted by Gasteiger charge is 2.19. The molecule has 0 amide bonds. The van der Waals surface area contributed by atoms with Gasteiger partial charge in [0.2, 0.25) is 0 Å². The number of carbonyl (C=O) groups excluding carboxylic acids is 2. The molecule has 0 aromatic heterocycles. The highest BCUT2D eigenvalue weighted by molar-refractivity contribution is 5.95. The number of carbonyl (C=O) groups is 2. The molecule has 0 atom stereocenters. The van der Waals surface area contributed by atoms with Gasteiger partial charge in [-0.3, -0.25) is 4.79 Å². The normalized spacial score (nSPS) is 9.82. The fraction of sp³-hybridized carbons (Fsp3) is 0.333. The number of aromatic hydroxyl groups is 1. The van der Waals surface area contributed by atoms with Gasteiger partial charge < -0.3 is 14.6 Å². The quantitative estimate of drug-likeness (QED) is 0.801. The van der Waals surface area contributed by atoms with Gasteiger partial charge in [-0.25, -0.2) is 4.79 Å². The molecule has 1 aromatic rings. The van der Waals surface area contributed by atoms with E-state index in [0.717, 1.165) is 5.56 Å². The zero-order chi connectivity index (χ0) is 13.0. The van der Waals surface area contributed by atoms with Gasteiger partial charge >= 0.3 is 11.9 Å². The number of aryl methyl sites for hydroxylation is 1. The van der Waals surface area contributed by atoms with Crippen molar-refractivity contribution in [2.75, 3.05) is 14.2 Å². The van der Waals surface area contributed by atoms with Gasteiger partial charge in [0.05, 0.1) is 20.6 Å². The summed E-state index contributed by atoms with van der Waals surface area (Å²) in [7, 11) is 2.47. The van der Waals surface area contributed by atoms with Gasteiger partial charge in [0.25, 0.3) is 0 Å². The smallest absolute Gasteiger partial charge is 0.341 e. The van der Waals surface area contributed by atoms with Crippen molar-refractivity contribution in [2.45, 2.75) is 13.3 Å². The first-order valence-corrected chi connectivity index (χ1v) is 4.97. The second kappa shape index (κ2) is 5.34. The summed E-state index contributed by atoms with van der Waals surface area (Å²) in [5, 5.41) is 9.71. The molecule has 5 nitrogen and oxygen atoms in total. The van der Waals surface area contributed by atoms with E-state index in [1.807, 2.05) is 0 Å². The molecule has 0 aliphatic rings. The summed E-state index contributed by atoms with van der Waals surface area (Å²) >= 11 is 0. The Balaban J connectivity index is 3.25. The number of rotatable bonds is 3. The number of ether oxygens (including phenoxy) is 2. The van der Waals surface area contributed by atoms with Crippen LogP contribution in [0.15, 0.2) is 12.1 Å². The standard InChI is InChI=1S/C12H14O5/c1-7-4-8(6-10(14)16-2)11(9(13)5-7)12(15)17-3/h4-5,13H,6H2,1-3H3. The summed E-state index contributed by atoms with van der Waals surface area (Å²) in [6, 6.07) is 3.08. The van der Waals surface area contributed by atoms with Crippen LogP contribution in [0.3, 0.4) is 0 Å². The van der Waals surface area contributed by atoms with E-state index in [2.05, 4.69) is 9.47 Å². The Hall–Kier alpha value is -2.04. The van der Waals surface area contributed by atoms with E-state index in [9.17, 15) is 14.7 Å². The summed E-state index contributed by atoms with van der Waals surface area (Å²) in [5.41, 5.74) is 1.14. The van der Waals surface area contributed by atoms with Crippen molar-refractivity contribution in [1.29, 1.82) is 0 Å². The van der Waals surface area contributed by atoms with Crippen LogP contribution in [-0.4, -0.2) is 31.3 Å². The van der Waals surface area contributed by atoms with Gasteiger partial charge in [-0.1, -0.05) is 6.07 Å². The Morgan fingerprint density at radius 3 is 2.41 bits per heavy atom. The summed E-state index contributed by atoms with van der Waals surface area (Å²) in [4.78, 5) is 22.7. The van der Waals surface area contributed by atoms with E-state index < -0.39 is 11.9 Å². The third-order valence-electron chi connectivity index (χ3n) is 2.30. The van der Waals surface area contributed by atoms with Crippen LogP contribution >= 0.6 is 0 Å². The molecule has 5 heteroatoms. The Bertz CT molecular complexity index is 450. The summed E-state index contributed by atoms with van der Waals surface area (Å²) in [5.74, 6) is -1.36. The summed E-state index contributed by atoms with van der Waals surface area (Å²) < 4.78 is 9.09. The van der Waals surface area contributed by atoms with E-state index in [1.54, 1.807) is 13.0 Å². The topological polar surface area (TPSA) is 72.8 Å². The molecule has 0 saturated heterocycles. The van der Waals surface area contributed by atoms with Gasteiger partial charge in [-0.15, -0.1) is 0 Å². The molecule has 0 bridgehead atoms. The Morgan fingerprint density at radius 1 is 1.24 bits per heavy atom. The lowest BCUT2D eigenvalue weighted by Crippen LogP contribution is -2.12. The minimum Gasteiger partial charge on any atom is -0.507 e. The average molecular weight is 238 g/mol.